The van der Waals surface area contributed by atoms with Gasteiger partial charge in [-0.1, -0.05) is 60.2 Å². The lowest BCUT2D eigenvalue weighted by Gasteiger charge is -2.28. The standard InChI is InChI=1S/C33H27N3O4/c1-22-8-7-11-25(20-22)32(38)35(19-18-23-9-3-2-4-10-23)28-21-30(37)36(33(28)39)26-16-14-24(15-17-26)31-34-27-12-5-6-13-29(27)40-31/h2-17,20,28H,18-19,21H2,1H3. The number of rotatable bonds is 7. The Labute approximate surface area is 231 Å². The second-order valence-corrected chi connectivity index (χ2v) is 9.92. The largest absolute Gasteiger partial charge is 0.436 e. The SMILES string of the molecule is Cc1cccc(C(=O)N(CCc2ccccc2)C2CC(=O)N(c3ccc(-c4nc5ccccc5o4)cc3)C2=O)c1. The first-order chi connectivity index (χ1) is 19.5. The highest BCUT2D eigenvalue weighted by atomic mass is 16.3. The Morgan fingerprint density at radius 1 is 0.925 bits per heavy atom. The fraction of sp³-hybridized carbons (Fsp3) is 0.152. The molecule has 4 aromatic carbocycles. The average Bonchev–Trinajstić information content (AvgIpc) is 3.54. The summed E-state index contributed by atoms with van der Waals surface area (Å²) in [5, 5.41) is 0. The van der Waals surface area contributed by atoms with Gasteiger partial charge in [-0.3, -0.25) is 14.4 Å². The predicted octanol–water partition coefficient (Wildman–Crippen LogP) is 5.82. The molecule has 0 N–H and O–H groups in total. The third-order valence-electron chi connectivity index (χ3n) is 7.18. The molecule has 0 bridgehead atoms. The summed E-state index contributed by atoms with van der Waals surface area (Å²) in [5.74, 6) is -0.556. The van der Waals surface area contributed by atoms with Crippen LogP contribution < -0.4 is 4.90 Å². The maximum atomic E-state index is 13.7. The van der Waals surface area contributed by atoms with Crippen molar-refractivity contribution in [2.45, 2.75) is 25.8 Å². The van der Waals surface area contributed by atoms with Gasteiger partial charge in [0.05, 0.1) is 12.1 Å². The van der Waals surface area contributed by atoms with Crippen molar-refractivity contribution in [3.05, 3.63) is 120 Å². The van der Waals surface area contributed by atoms with E-state index in [1.807, 2.05) is 79.7 Å². The van der Waals surface area contributed by atoms with Crippen molar-refractivity contribution in [3.8, 4) is 11.5 Å². The Hall–Kier alpha value is -5.04. The molecule has 1 atom stereocenters. The van der Waals surface area contributed by atoms with E-state index < -0.39 is 11.9 Å². The van der Waals surface area contributed by atoms with Gasteiger partial charge in [-0.25, -0.2) is 9.88 Å². The number of carbonyl (C=O) groups excluding carboxylic acids is 3. The van der Waals surface area contributed by atoms with Crippen LogP contribution in [0.15, 0.2) is 108 Å². The Morgan fingerprint density at radius 2 is 1.68 bits per heavy atom. The highest BCUT2D eigenvalue weighted by Crippen LogP contribution is 2.30. The van der Waals surface area contributed by atoms with Crippen molar-refractivity contribution in [3.63, 3.8) is 0 Å². The van der Waals surface area contributed by atoms with Gasteiger partial charge in [0.15, 0.2) is 5.58 Å². The number of carbonyl (C=O) groups is 3. The van der Waals surface area contributed by atoms with E-state index in [2.05, 4.69) is 4.98 Å². The molecule has 1 aromatic heterocycles. The smallest absolute Gasteiger partial charge is 0.257 e. The molecule has 3 amide bonds. The number of benzene rings is 4. The molecule has 6 rings (SSSR count). The second-order valence-electron chi connectivity index (χ2n) is 9.92. The minimum absolute atomic E-state index is 0.0714. The molecular formula is C33H27N3O4. The molecule has 1 aliphatic heterocycles. The van der Waals surface area contributed by atoms with Crippen molar-refractivity contribution in [2.75, 3.05) is 11.4 Å². The third-order valence-corrected chi connectivity index (χ3v) is 7.18. The van der Waals surface area contributed by atoms with Crippen molar-refractivity contribution >= 4 is 34.5 Å². The van der Waals surface area contributed by atoms with E-state index in [9.17, 15) is 14.4 Å². The molecule has 7 nitrogen and oxygen atoms in total. The minimum Gasteiger partial charge on any atom is -0.436 e. The van der Waals surface area contributed by atoms with Crippen LogP contribution in [-0.2, 0) is 16.0 Å². The second kappa shape index (κ2) is 10.6. The van der Waals surface area contributed by atoms with Crippen LogP contribution in [-0.4, -0.2) is 40.2 Å². The molecule has 198 valence electrons. The lowest BCUT2D eigenvalue weighted by atomic mass is 10.1. The van der Waals surface area contributed by atoms with E-state index in [1.165, 1.54) is 4.90 Å². The maximum Gasteiger partial charge on any atom is 0.257 e. The zero-order valence-corrected chi connectivity index (χ0v) is 22.0. The fourth-order valence-corrected chi connectivity index (χ4v) is 5.12. The van der Waals surface area contributed by atoms with Gasteiger partial charge >= 0.3 is 0 Å². The Bertz CT molecular complexity index is 1680. The van der Waals surface area contributed by atoms with Crippen LogP contribution in [0.25, 0.3) is 22.6 Å². The summed E-state index contributed by atoms with van der Waals surface area (Å²) >= 11 is 0. The average molecular weight is 530 g/mol. The van der Waals surface area contributed by atoms with E-state index in [0.29, 0.717) is 35.7 Å². The number of aryl methyl sites for hydroxylation is 1. The lowest BCUT2D eigenvalue weighted by Crippen LogP contribution is -2.46. The van der Waals surface area contributed by atoms with Crippen molar-refractivity contribution in [1.82, 2.24) is 9.88 Å². The Morgan fingerprint density at radius 3 is 2.42 bits per heavy atom. The zero-order chi connectivity index (χ0) is 27.6. The molecule has 1 unspecified atom stereocenters. The molecule has 1 fully saturated rings. The van der Waals surface area contributed by atoms with Crippen molar-refractivity contribution < 1.29 is 18.8 Å². The Balaban J connectivity index is 1.26. The van der Waals surface area contributed by atoms with Crippen molar-refractivity contribution in [1.29, 1.82) is 0 Å². The highest BCUT2D eigenvalue weighted by Gasteiger charge is 2.44. The summed E-state index contributed by atoms with van der Waals surface area (Å²) in [7, 11) is 0. The Kier molecular flexibility index (Phi) is 6.70. The molecule has 0 spiro atoms. The zero-order valence-electron chi connectivity index (χ0n) is 22.0. The first-order valence-electron chi connectivity index (χ1n) is 13.2. The number of amides is 3. The molecular weight excluding hydrogens is 502 g/mol. The van der Waals surface area contributed by atoms with Crippen LogP contribution in [0.5, 0.6) is 0 Å². The molecule has 40 heavy (non-hydrogen) atoms. The number of para-hydroxylation sites is 2. The number of oxazole rings is 1. The van der Waals surface area contributed by atoms with Gasteiger partial charge in [-0.15, -0.1) is 0 Å². The number of aromatic nitrogens is 1. The summed E-state index contributed by atoms with van der Waals surface area (Å²) in [6.45, 7) is 2.23. The van der Waals surface area contributed by atoms with Crippen LogP contribution in [0.2, 0.25) is 0 Å². The quantitative estimate of drug-likeness (QED) is 0.248. The molecule has 0 radical (unpaired) electrons. The van der Waals surface area contributed by atoms with Crippen LogP contribution in [0.3, 0.4) is 0 Å². The summed E-state index contributed by atoms with van der Waals surface area (Å²) in [5.41, 5.74) is 5.11. The number of anilines is 1. The van der Waals surface area contributed by atoms with E-state index in [-0.39, 0.29) is 18.2 Å². The van der Waals surface area contributed by atoms with Gasteiger partial charge in [0, 0.05) is 17.7 Å². The van der Waals surface area contributed by atoms with Crippen LogP contribution >= 0.6 is 0 Å². The first kappa shape index (κ1) is 25.2. The summed E-state index contributed by atoms with van der Waals surface area (Å²) in [6.07, 6.45) is 0.494. The normalized spacial score (nSPS) is 15.1. The molecule has 7 heteroatoms. The topological polar surface area (TPSA) is 83.7 Å². The van der Waals surface area contributed by atoms with Crippen LogP contribution in [0, 0.1) is 6.92 Å². The van der Waals surface area contributed by atoms with Gasteiger partial charge in [-0.2, -0.15) is 0 Å². The van der Waals surface area contributed by atoms with Gasteiger partial charge in [-0.05, 0) is 67.4 Å². The van der Waals surface area contributed by atoms with E-state index in [1.54, 1.807) is 35.2 Å². The lowest BCUT2D eigenvalue weighted by molar-refractivity contribution is -0.122. The summed E-state index contributed by atoms with van der Waals surface area (Å²) in [4.78, 5) is 47.9. The van der Waals surface area contributed by atoms with Gasteiger partial charge in [0.25, 0.3) is 11.8 Å². The number of fused-ring (bicyclic) bond motifs is 1. The predicted molar refractivity (Wildman–Crippen MR) is 153 cm³/mol. The number of imide groups is 1. The molecule has 5 aromatic rings. The van der Waals surface area contributed by atoms with Crippen LogP contribution in [0.4, 0.5) is 5.69 Å². The summed E-state index contributed by atoms with van der Waals surface area (Å²) < 4.78 is 5.85. The van der Waals surface area contributed by atoms with Gasteiger partial charge < -0.3 is 9.32 Å². The minimum atomic E-state index is -0.888. The molecule has 2 heterocycles. The first-order valence-corrected chi connectivity index (χ1v) is 13.2. The number of hydrogen-bond acceptors (Lipinski definition) is 5. The molecule has 1 saturated heterocycles. The maximum absolute atomic E-state index is 13.7. The summed E-state index contributed by atoms with van der Waals surface area (Å²) in [6, 6.07) is 30.7. The van der Waals surface area contributed by atoms with E-state index in [0.717, 1.165) is 22.2 Å². The number of nitrogens with zero attached hydrogens (tertiary/aromatic N) is 3. The van der Waals surface area contributed by atoms with Crippen molar-refractivity contribution in [2.24, 2.45) is 0 Å². The van der Waals surface area contributed by atoms with E-state index in [4.69, 9.17) is 4.42 Å². The molecule has 0 saturated carbocycles. The highest BCUT2D eigenvalue weighted by molar-refractivity contribution is 6.23. The van der Waals surface area contributed by atoms with Gasteiger partial charge in [0.2, 0.25) is 11.8 Å². The molecule has 1 aliphatic rings. The van der Waals surface area contributed by atoms with E-state index >= 15 is 0 Å². The molecule has 0 aliphatic carbocycles. The fourth-order valence-electron chi connectivity index (χ4n) is 5.12. The van der Waals surface area contributed by atoms with Crippen LogP contribution in [0.1, 0.15) is 27.9 Å². The third kappa shape index (κ3) is 4.89. The number of hydrogen-bond donors (Lipinski definition) is 0. The monoisotopic (exact) mass is 529 g/mol. The van der Waals surface area contributed by atoms with Gasteiger partial charge in [0.1, 0.15) is 11.6 Å².